The van der Waals surface area contributed by atoms with Crippen molar-refractivity contribution in [3.05, 3.63) is 48.4 Å². The van der Waals surface area contributed by atoms with Crippen LogP contribution in [0, 0.1) is 5.82 Å². The summed E-state index contributed by atoms with van der Waals surface area (Å²) in [5.41, 5.74) is 0.471. The third kappa shape index (κ3) is 5.79. The van der Waals surface area contributed by atoms with Gasteiger partial charge in [0.2, 0.25) is 5.91 Å². The fourth-order valence-electron chi connectivity index (χ4n) is 2.93. The summed E-state index contributed by atoms with van der Waals surface area (Å²) in [6, 6.07) is 8.15. The number of urea groups is 1. The fourth-order valence-corrected chi connectivity index (χ4v) is 3.53. The van der Waals surface area contributed by atoms with Crippen LogP contribution in [0.4, 0.5) is 14.9 Å². The number of thiol groups is 1. The number of pyridine rings is 1. The van der Waals surface area contributed by atoms with Crippen molar-refractivity contribution in [1.29, 1.82) is 0 Å². The Hall–Kier alpha value is -3.18. The minimum atomic E-state index is -0.849. The zero-order valence-electron chi connectivity index (χ0n) is 18.1. The van der Waals surface area contributed by atoms with Crippen LogP contribution in [0.25, 0.3) is 10.9 Å². The molecule has 0 radical (unpaired) electrons. The number of hydrogen-bond acceptors (Lipinski definition) is 8. The molecule has 1 heterocycles. The van der Waals surface area contributed by atoms with Gasteiger partial charge in [-0.15, -0.1) is 0 Å². The molecule has 0 spiro atoms. The Morgan fingerprint density at radius 2 is 1.85 bits per heavy atom. The molecule has 3 rings (SSSR count). The molecule has 3 aromatic rings. The van der Waals surface area contributed by atoms with Crippen molar-refractivity contribution in [1.82, 2.24) is 10.3 Å². The second-order valence-corrected chi connectivity index (χ2v) is 8.04. The zero-order chi connectivity index (χ0) is 24.0. The van der Waals surface area contributed by atoms with E-state index in [-0.39, 0.29) is 17.9 Å². The van der Waals surface area contributed by atoms with E-state index in [1.165, 1.54) is 38.1 Å². The second-order valence-electron chi connectivity index (χ2n) is 6.66. The molecule has 174 valence electrons. The quantitative estimate of drug-likeness (QED) is 0.437. The number of thioether (sulfide) groups is 1. The Morgan fingerprint density at radius 1 is 1.12 bits per heavy atom. The first kappa shape index (κ1) is 24.5. The number of fused-ring (bicyclic) bond motifs is 1. The van der Waals surface area contributed by atoms with Crippen molar-refractivity contribution < 1.29 is 28.2 Å². The van der Waals surface area contributed by atoms with Crippen LogP contribution in [0.2, 0.25) is 0 Å². The number of carbonyl (C=O) groups excluding carboxylic acids is 2. The van der Waals surface area contributed by atoms with Crippen molar-refractivity contribution in [3.63, 3.8) is 0 Å². The SMILES string of the molecule is COc1cc2nccc(Oc3ccc(N(S)C(=O)NC(=O)CCSC)c(F)c3)c2cc1OC. The first-order valence-electron chi connectivity index (χ1n) is 9.67. The van der Waals surface area contributed by atoms with Gasteiger partial charge in [0.15, 0.2) is 17.3 Å². The summed E-state index contributed by atoms with van der Waals surface area (Å²) < 4.78 is 32.0. The second kappa shape index (κ2) is 11.1. The summed E-state index contributed by atoms with van der Waals surface area (Å²) in [6.45, 7) is 0. The Balaban J connectivity index is 1.81. The minimum Gasteiger partial charge on any atom is -0.493 e. The topological polar surface area (TPSA) is 90.0 Å². The Morgan fingerprint density at radius 3 is 2.52 bits per heavy atom. The number of imide groups is 1. The average molecular weight is 492 g/mol. The number of hydrogen-bond donors (Lipinski definition) is 2. The molecule has 8 nitrogen and oxygen atoms in total. The predicted molar refractivity (Wildman–Crippen MR) is 129 cm³/mol. The molecule has 2 aromatic carbocycles. The molecule has 0 unspecified atom stereocenters. The number of anilines is 1. The summed E-state index contributed by atoms with van der Waals surface area (Å²) in [7, 11) is 3.05. The first-order chi connectivity index (χ1) is 15.9. The van der Waals surface area contributed by atoms with Crippen molar-refractivity contribution >= 4 is 53.1 Å². The van der Waals surface area contributed by atoms with E-state index in [0.29, 0.717) is 33.9 Å². The van der Waals surface area contributed by atoms with Gasteiger partial charge >= 0.3 is 6.03 Å². The normalized spacial score (nSPS) is 10.6. The molecule has 3 amide bonds. The van der Waals surface area contributed by atoms with Crippen molar-refractivity contribution in [3.8, 4) is 23.0 Å². The van der Waals surface area contributed by atoms with Crippen LogP contribution in [-0.2, 0) is 4.79 Å². The summed E-state index contributed by atoms with van der Waals surface area (Å²) >= 11 is 5.50. The van der Waals surface area contributed by atoms with E-state index in [0.717, 1.165) is 10.4 Å². The number of amides is 3. The number of carbonyl (C=O) groups is 2. The Kier molecular flexibility index (Phi) is 8.23. The van der Waals surface area contributed by atoms with Gasteiger partial charge in [0.05, 0.1) is 25.4 Å². The van der Waals surface area contributed by atoms with E-state index in [4.69, 9.17) is 14.2 Å². The van der Waals surface area contributed by atoms with Gasteiger partial charge < -0.3 is 14.2 Å². The number of ether oxygens (including phenoxy) is 3. The van der Waals surface area contributed by atoms with Gasteiger partial charge in [-0.25, -0.2) is 13.5 Å². The highest BCUT2D eigenvalue weighted by atomic mass is 32.2. The van der Waals surface area contributed by atoms with Crippen LogP contribution in [0.1, 0.15) is 6.42 Å². The fraction of sp³-hybridized carbons (Fsp3) is 0.227. The molecule has 0 aliphatic heterocycles. The molecule has 1 N–H and O–H groups in total. The molecule has 0 bridgehead atoms. The molecule has 0 fully saturated rings. The predicted octanol–water partition coefficient (Wildman–Crippen LogP) is 4.82. The van der Waals surface area contributed by atoms with Gasteiger partial charge in [-0.3, -0.25) is 15.1 Å². The van der Waals surface area contributed by atoms with E-state index in [9.17, 15) is 14.0 Å². The lowest BCUT2D eigenvalue weighted by Gasteiger charge is -2.17. The average Bonchev–Trinajstić information content (AvgIpc) is 2.81. The summed E-state index contributed by atoms with van der Waals surface area (Å²) in [5.74, 6) is 0.966. The third-order valence-electron chi connectivity index (χ3n) is 4.55. The number of benzene rings is 2. The van der Waals surface area contributed by atoms with Crippen LogP contribution in [0.5, 0.6) is 23.0 Å². The smallest absolute Gasteiger partial charge is 0.338 e. The van der Waals surface area contributed by atoms with E-state index in [1.807, 2.05) is 6.26 Å². The molecule has 0 saturated carbocycles. The number of methoxy groups -OCH3 is 2. The lowest BCUT2D eigenvalue weighted by atomic mass is 10.2. The van der Waals surface area contributed by atoms with Gasteiger partial charge in [-0.2, -0.15) is 11.8 Å². The van der Waals surface area contributed by atoms with Crippen LogP contribution in [-0.4, -0.2) is 43.2 Å². The molecular weight excluding hydrogens is 469 g/mol. The van der Waals surface area contributed by atoms with Gasteiger partial charge in [0.1, 0.15) is 11.5 Å². The van der Waals surface area contributed by atoms with E-state index in [2.05, 4.69) is 23.1 Å². The van der Waals surface area contributed by atoms with Crippen molar-refractivity contribution in [2.24, 2.45) is 0 Å². The molecule has 0 aliphatic carbocycles. The maximum absolute atomic E-state index is 14.7. The summed E-state index contributed by atoms with van der Waals surface area (Å²) in [4.78, 5) is 28.2. The number of aromatic nitrogens is 1. The number of rotatable bonds is 8. The molecule has 33 heavy (non-hydrogen) atoms. The Labute approximate surface area is 199 Å². The molecule has 0 aliphatic rings. The molecule has 1 aromatic heterocycles. The van der Waals surface area contributed by atoms with Crippen molar-refractivity contribution in [2.45, 2.75) is 6.42 Å². The highest BCUT2D eigenvalue weighted by Crippen LogP contribution is 2.37. The largest absolute Gasteiger partial charge is 0.493 e. The minimum absolute atomic E-state index is 0.133. The Bertz CT molecular complexity index is 1180. The van der Waals surface area contributed by atoms with Gasteiger partial charge in [0.25, 0.3) is 0 Å². The van der Waals surface area contributed by atoms with Crippen LogP contribution >= 0.6 is 24.6 Å². The van der Waals surface area contributed by atoms with Gasteiger partial charge in [0, 0.05) is 35.9 Å². The van der Waals surface area contributed by atoms with E-state index in [1.54, 1.807) is 24.4 Å². The molecule has 11 heteroatoms. The van der Waals surface area contributed by atoms with E-state index >= 15 is 0 Å². The summed E-state index contributed by atoms with van der Waals surface area (Å²) in [6.07, 6.45) is 3.57. The lowest BCUT2D eigenvalue weighted by Crippen LogP contribution is -2.38. The molecule has 0 saturated heterocycles. The van der Waals surface area contributed by atoms with Crippen LogP contribution in [0.3, 0.4) is 0 Å². The van der Waals surface area contributed by atoms with Gasteiger partial charge in [-0.1, -0.05) is 12.8 Å². The highest BCUT2D eigenvalue weighted by Gasteiger charge is 2.19. The molecule has 0 atom stereocenters. The first-order valence-corrected chi connectivity index (χ1v) is 11.5. The van der Waals surface area contributed by atoms with Crippen LogP contribution in [0.15, 0.2) is 42.6 Å². The maximum Gasteiger partial charge on any atom is 0.338 e. The van der Waals surface area contributed by atoms with Crippen LogP contribution < -0.4 is 23.8 Å². The van der Waals surface area contributed by atoms with E-state index < -0.39 is 17.8 Å². The standard InChI is InChI=1S/C22H22FN3O5S2/c1-29-19-11-14-16(12-20(19)30-2)24-8-6-18(14)31-13-4-5-17(15(23)10-13)26(32)22(28)25-21(27)7-9-33-3/h4-6,8,10-12,32H,7,9H2,1-3H3,(H,25,27,28). The van der Waals surface area contributed by atoms with Crippen molar-refractivity contribution in [2.75, 3.05) is 30.5 Å². The number of halogens is 1. The third-order valence-corrected chi connectivity index (χ3v) is 5.56. The molecular formula is C22H22FN3O5S2. The monoisotopic (exact) mass is 491 g/mol. The highest BCUT2D eigenvalue weighted by molar-refractivity contribution is 7.98. The maximum atomic E-state index is 14.7. The number of nitrogens with zero attached hydrogens (tertiary/aromatic N) is 2. The summed E-state index contributed by atoms with van der Waals surface area (Å²) in [5, 5.41) is 2.80. The zero-order valence-corrected chi connectivity index (χ0v) is 19.8. The number of nitrogens with one attached hydrogen (secondary N) is 1. The van der Waals surface area contributed by atoms with Gasteiger partial charge in [-0.05, 0) is 30.5 Å². The lowest BCUT2D eigenvalue weighted by molar-refractivity contribution is -0.119.